The molecule has 2 heterocycles. The zero-order valence-corrected chi connectivity index (χ0v) is 12.9. The first-order valence-electron chi connectivity index (χ1n) is 6.54. The molecular formula is C14H14Cl2N2O3. The predicted octanol–water partition coefficient (Wildman–Crippen LogP) is 3.50. The normalized spacial score (nSPS) is 15.2. The molecule has 0 radical (unpaired) electrons. The van der Waals surface area contributed by atoms with Gasteiger partial charge in [0.1, 0.15) is 5.76 Å². The van der Waals surface area contributed by atoms with Gasteiger partial charge >= 0.3 is 6.09 Å². The van der Waals surface area contributed by atoms with Crippen molar-refractivity contribution in [3.8, 4) is 0 Å². The fourth-order valence-corrected chi connectivity index (χ4v) is 3.34. The van der Waals surface area contributed by atoms with E-state index < -0.39 is 6.09 Å². The Morgan fingerprint density at radius 3 is 2.90 bits per heavy atom. The van der Waals surface area contributed by atoms with Crippen molar-refractivity contribution in [2.45, 2.75) is 19.5 Å². The molecule has 0 spiro atoms. The summed E-state index contributed by atoms with van der Waals surface area (Å²) in [4.78, 5) is 12.9. The van der Waals surface area contributed by atoms with E-state index in [9.17, 15) is 4.79 Å². The lowest BCUT2D eigenvalue weighted by atomic mass is 10.0. The summed E-state index contributed by atoms with van der Waals surface area (Å²) in [6, 6.07) is 1.69. The van der Waals surface area contributed by atoms with Crippen LogP contribution in [0.5, 0.6) is 0 Å². The highest BCUT2D eigenvalue weighted by Gasteiger charge is 2.25. The number of carboxylic acid groups (broad SMARTS) is 1. The summed E-state index contributed by atoms with van der Waals surface area (Å²) in [5, 5.41) is 13.1. The second kappa shape index (κ2) is 5.40. The average molecular weight is 329 g/mol. The van der Waals surface area contributed by atoms with E-state index in [1.54, 1.807) is 6.07 Å². The molecule has 5 nitrogen and oxygen atoms in total. The molecule has 1 aromatic carbocycles. The second-order valence-electron chi connectivity index (χ2n) is 5.17. The van der Waals surface area contributed by atoms with Gasteiger partial charge in [0.2, 0.25) is 0 Å². The highest BCUT2D eigenvalue weighted by Crippen LogP contribution is 2.40. The fraction of sp³-hybridized carbons (Fsp3) is 0.357. The minimum atomic E-state index is -1.09. The summed E-state index contributed by atoms with van der Waals surface area (Å²) < 4.78 is 5.81. The van der Waals surface area contributed by atoms with Gasteiger partial charge in [-0.05, 0) is 25.1 Å². The number of halogens is 2. The second-order valence-corrected chi connectivity index (χ2v) is 5.99. The van der Waals surface area contributed by atoms with Gasteiger partial charge in [0.15, 0.2) is 5.58 Å². The van der Waals surface area contributed by atoms with Gasteiger partial charge < -0.3 is 19.7 Å². The van der Waals surface area contributed by atoms with E-state index in [0.29, 0.717) is 27.9 Å². The molecule has 1 aliphatic rings. The van der Waals surface area contributed by atoms with Crippen molar-refractivity contribution in [2.75, 3.05) is 13.6 Å². The standard InChI is InChI=1S/C14H14Cl2N2O3/c1-18-3-2-7-9(15)4-10(16)13-12(7)8(6-18)11(21-13)5-17-14(19)20/h4,17H,2-3,5-6H2,1H3,(H,19,20). The Balaban J connectivity index is 2.21. The van der Waals surface area contributed by atoms with E-state index in [0.717, 1.165) is 29.5 Å². The van der Waals surface area contributed by atoms with Crippen molar-refractivity contribution in [1.29, 1.82) is 0 Å². The largest absolute Gasteiger partial charge is 0.465 e. The molecule has 1 amide bonds. The maximum atomic E-state index is 10.7. The number of furan rings is 1. The van der Waals surface area contributed by atoms with Crippen molar-refractivity contribution in [3.63, 3.8) is 0 Å². The van der Waals surface area contributed by atoms with Gasteiger partial charge in [0.25, 0.3) is 0 Å². The Bertz CT molecular complexity index is 727. The summed E-state index contributed by atoms with van der Waals surface area (Å²) in [5.41, 5.74) is 2.56. The molecule has 112 valence electrons. The molecule has 1 aliphatic heterocycles. The van der Waals surface area contributed by atoms with Gasteiger partial charge in [-0.3, -0.25) is 0 Å². The smallest absolute Gasteiger partial charge is 0.405 e. The lowest BCUT2D eigenvalue weighted by molar-refractivity contribution is 0.193. The maximum absolute atomic E-state index is 10.7. The summed E-state index contributed by atoms with van der Waals surface area (Å²) in [7, 11) is 2.01. The number of rotatable bonds is 2. The van der Waals surface area contributed by atoms with E-state index in [1.807, 2.05) is 7.05 Å². The molecule has 21 heavy (non-hydrogen) atoms. The first-order valence-corrected chi connectivity index (χ1v) is 7.29. The third-order valence-electron chi connectivity index (χ3n) is 3.72. The molecule has 0 fully saturated rings. The highest BCUT2D eigenvalue weighted by atomic mass is 35.5. The van der Waals surface area contributed by atoms with Crippen molar-refractivity contribution in [1.82, 2.24) is 10.2 Å². The minimum Gasteiger partial charge on any atom is -0.465 e. The molecule has 2 aromatic rings. The van der Waals surface area contributed by atoms with Crippen LogP contribution >= 0.6 is 23.2 Å². The summed E-state index contributed by atoms with van der Waals surface area (Å²) in [5.74, 6) is 0.589. The molecule has 0 unspecified atom stereocenters. The number of nitrogens with one attached hydrogen (secondary N) is 1. The molecule has 7 heteroatoms. The maximum Gasteiger partial charge on any atom is 0.405 e. The van der Waals surface area contributed by atoms with Crippen LogP contribution in [0.15, 0.2) is 10.5 Å². The van der Waals surface area contributed by atoms with Gasteiger partial charge in [-0.2, -0.15) is 0 Å². The van der Waals surface area contributed by atoms with Crippen LogP contribution in [0.2, 0.25) is 10.0 Å². The Hall–Kier alpha value is -1.43. The molecule has 0 saturated carbocycles. The third kappa shape index (κ3) is 2.57. The quantitative estimate of drug-likeness (QED) is 0.885. The van der Waals surface area contributed by atoms with Gasteiger partial charge in [0.05, 0.1) is 11.6 Å². The van der Waals surface area contributed by atoms with Gasteiger partial charge in [-0.15, -0.1) is 0 Å². The summed E-state index contributed by atoms with van der Waals surface area (Å²) in [6.45, 7) is 1.66. The van der Waals surface area contributed by atoms with Crippen LogP contribution in [-0.4, -0.2) is 29.7 Å². The topological polar surface area (TPSA) is 65.7 Å². The van der Waals surface area contributed by atoms with Crippen molar-refractivity contribution >= 4 is 40.3 Å². The van der Waals surface area contributed by atoms with Crippen LogP contribution in [0.1, 0.15) is 16.9 Å². The Morgan fingerprint density at radius 1 is 1.43 bits per heavy atom. The van der Waals surface area contributed by atoms with E-state index in [2.05, 4.69) is 10.2 Å². The van der Waals surface area contributed by atoms with Crippen LogP contribution in [0.4, 0.5) is 4.79 Å². The summed E-state index contributed by atoms with van der Waals surface area (Å²) >= 11 is 12.5. The first-order chi connectivity index (χ1) is 9.97. The van der Waals surface area contributed by atoms with Crippen molar-refractivity contribution in [2.24, 2.45) is 0 Å². The predicted molar refractivity (Wildman–Crippen MR) is 81.1 cm³/mol. The summed E-state index contributed by atoms with van der Waals surface area (Å²) in [6.07, 6.45) is -0.282. The van der Waals surface area contributed by atoms with Crippen LogP contribution in [-0.2, 0) is 19.5 Å². The molecule has 0 bridgehead atoms. The SMILES string of the molecule is CN1CCc2c(Cl)cc(Cl)c3oc(CNC(=O)O)c(c23)C1. The number of hydrogen-bond acceptors (Lipinski definition) is 3. The van der Waals surface area contributed by atoms with E-state index in [-0.39, 0.29) is 6.54 Å². The van der Waals surface area contributed by atoms with Crippen molar-refractivity contribution in [3.05, 3.63) is 33.0 Å². The van der Waals surface area contributed by atoms with Gasteiger partial charge in [0, 0.05) is 29.1 Å². The van der Waals surface area contributed by atoms with Crippen LogP contribution in [0, 0.1) is 0 Å². The number of carbonyl (C=O) groups is 1. The van der Waals surface area contributed by atoms with Gasteiger partial charge in [-0.1, -0.05) is 23.2 Å². The van der Waals surface area contributed by atoms with E-state index in [4.69, 9.17) is 32.7 Å². The number of hydrogen-bond donors (Lipinski definition) is 2. The van der Waals surface area contributed by atoms with Crippen LogP contribution in [0.3, 0.4) is 0 Å². The first kappa shape index (κ1) is 14.5. The Kier molecular flexibility index (Phi) is 3.73. The van der Waals surface area contributed by atoms with Crippen LogP contribution in [0.25, 0.3) is 11.0 Å². The van der Waals surface area contributed by atoms with Crippen LogP contribution < -0.4 is 5.32 Å². The van der Waals surface area contributed by atoms with E-state index >= 15 is 0 Å². The number of amides is 1. The zero-order chi connectivity index (χ0) is 15.1. The molecule has 1 aromatic heterocycles. The lowest BCUT2D eigenvalue weighted by Gasteiger charge is -2.13. The number of likely N-dealkylation sites (N-methyl/N-ethyl adjacent to an activating group) is 1. The monoisotopic (exact) mass is 328 g/mol. The molecule has 2 N–H and O–H groups in total. The van der Waals surface area contributed by atoms with Crippen molar-refractivity contribution < 1.29 is 14.3 Å². The Morgan fingerprint density at radius 2 is 2.19 bits per heavy atom. The molecule has 3 rings (SSSR count). The zero-order valence-electron chi connectivity index (χ0n) is 11.4. The molecule has 0 saturated heterocycles. The molecule has 0 atom stereocenters. The molecular weight excluding hydrogens is 315 g/mol. The average Bonchev–Trinajstić information content (AvgIpc) is 2.65. The number of nitrogens with zero attached hydrogens (tertiary/aromatic N) is 1. The third-order valence-corrected chi connectivity index (χ3v) is 4.34. The highest BCUT2D eigenvalue weighted by molar-refractivity contribution is 6.39. The molecule has 0 aliphatic carbocycles. The fourth-order valence-electron chi connectivity index (χ4n) is 2.74. The lowest BCUT2D eigenvalue weighted by Crippen LogP contribution is -2.22. The van der Waals surface area contributed by atoms with Gasteiger partial charge in [-0.25, -0.2) is 4.79 Å². The van der Waals surface area contributed by atoms with E-state index in [1.165, 1.54) is 0 Å². The number of benzene rings is 1. The minimum absolute atomic E-state index is 0.112. The Labute approximate surface area is 131 Å².